The minimum Gasteiger partial charge on any atom is -0.367 e. The van der Waals surface area contributed by atoms with Gasteiger partial charge in [0.05, 0.1) is 0 Å². The van der Waals surface area contributed by atoms with Crippen molar-refractivity contribution in [3.63, 3.8) is 0 Å². The van der Waals surface area contributed by atoms with Gasteiger partial charge < -0.3 is 5.32 Å². The first-order valence-electron chi connectivity index (χ1n) is 4.79. The first-order valence-corrected chi connectivity index (χ1v) is 6.18. The second-order valence-electron chi connectivity index (χ2n) is 3.11. The maximum Gasteiger partial charge on any atom is 0.203 e. The third-order valence-corrected chi connectivity index (χ3v) is 2.73. The Labute approximate surface area is 92.3 Å². The van der Waals surface area contributed by atoms with Crippen LogP contribution < -0.4 is 5.32 Å². The molecule has 6 heteroatoms. The molecule has 5 nitrogen and oxygen atoms in total. The molecule has 0 bridgehead atoms. The van der Waals surface area contributed by atoms with Gasteiger partial charge in [-0.15, -0.1) is 10.2 Å². The highest BCUT2D eigenvalue weighted by Crippen LogP contribution is 2.09. The second kappa shape index (κ2) is 4.97. The standard InChI is InChI=1S/C9H13N5S/c1-15-6-2-3-10-8-9-13-12-7-14(9)5-4-11-8/h4-5,7H,2-3,6H2,1H3,(H,10,11). The third-order valence-electron chi connectivity index (χ3n) is 2.03. The van der Waals surface area contributed by atoms with Gasteiger partial charge in [-0.2, -0.15) is 11.8 Å². The first-order chi connectivity index (χ1) is 7.42. The summed E-state index contributed by atoms with van der Waals surface area (Å²) in [7, 11) is 0. The minimum atomic E-state index is 0.779. The van der Waals surface area contributed by atoms with E-state index in [0.717, 1.165) is 30.2 Å². The molecular formula is C9H13N5S. The number of aromatic nitrogens is 4. The highest BCUT2D eigenvalue weighted by molar-refractivity contribution is 7.98. The number of rotatable bonds is 5. The predicted molar refractivity (Wildman–Crippen MR) is 62.3 cm³/mol. The Kier molecular flexibility index (Phi) is 3.39. The molecule has 0 fully saturated rings. The van der Waals surface area contributed by atoms with E-state index in [4.69, 9.17) is 0 Å². The molecule has 0 aliphatic heterocycles. The molecule has 0 spiro atoms. The average molecular weight is 223 g/mol. The number of nitrogens with zero attached hydrogens (tertiary/aromatic N) is 4. The summed E-state index contributed by atoms with van der Waals surface area (Å²) in [6.45, 7) is 0.917. The van der Waals surface area contributed by atoms with Crippen LogP contribution in [0.5, 0.6) is 0 Å². The van der Waals surface area contributed by atoms with Gasteiger partial charge in [0, 0.05) is 18.9 Å². The Bertz CT molecular complexity index is 427. The molecule has 2 aromatic rings. The van der Waals surface area contributed by atoms with Gasteiger partial charge in [0.25, 0.3) is 0 Å². The summed E-state index contributed by atoms with van der Waals surface area (Å²) in [6, 6.07) is 0. The van der Waals surface area contributed by atoms with Crippen molar-refractivity contribution >= 4 is 23.2 Å². The van der Waals surface area contributed by atoms with Crippen LogP contribution in [0.25, 0.3) is 5.65 Å². The Hall–Kier alpha value is -1.30. The molecule has 15 heavy (non-hydrogen) atoms. The summed E-state index contributed by atoms with van der Waals surface area (Å²) in [4.78, 5) is 4.24. The molecule has 0 atom stereocenters. The minimum absolute atomic E-state index is 0.779. The second-order valence-corrected chi connectivity index (χ2v) is 4.10. The molecular weight excluding hydrogens is 210 g/mol. The molecule has 2 aromatic heterocycles. The van der Waals surface area contributed by atoms with Crippen LogP contribution in [0, 0.1) is 0 Å². The van der Waals surface area contributed by atoms with Gasteiger partial charge >= 0.3 is 0 Å². The number of hydrogen-bond acceptors (Lipinski definition) is 5. The van der Waals surface area contributed by atoms with Crippen molar-refractivity contribution < 1.29 is 0 Å². The smallest absolute Gasteiger partial charge is 0.203 e. The van der Waals surface area contributed by atoms with E-state index in [2.05, 4.69) is 26.8 Å². The molecule has 80 valence electrons. The highest BCUT2D eigenvalue weighted by atomic mass is 32.2. The Morgan fingerprint density at radius 2 is 2.47 bits per heavy atom. The van der Waals surface area contributed by atoms with Crippen LogP contribution in [-0.2, 0) is 0 Å². The lowest BCUT2D eigenvalue weighted by Gasteiger charge is -2.04. The summed E-state index contributed by atoms with van der Waals surface area (Å²) < 4.78 is 1.85. The molecule has 2 heterocycles. The summed E-state index contributed by atoms with van der Waals surface area (Å²) in [5, 5.41) is 11.1. The van der Waals surface area contributed by atoms with Crippen LogP contribution in [0.15, 0.2) is 18.7 Å². The van der Waals surface area contributed by atoms with E-state index in [9.17, 15) is 0 Å². The van der Waals surface area contributed by atoms with E-state index in [1.165, 1.54) is 0 Å². The lowest BCUT2D eigenvalue weighted by atomic mass is 10.4. The first kappa shape index (κ1) is 10.2. The van der Waals surface area contributed by atoms with Gasteiger partial charge in [-0.05, 0) is 18.4 Å². The number of hydrogen-bond donors (Lipinski definition) is 1. The van der Waals surface area contributed by atoms with Gasteiger partial charge in [0.15, 0.2) is 5.82 Å². The van der Waals surface area contributed by atoms with E-state index in [1.807, 2.05) is 22.4 Å². The van der Waals surface area contributed by atoms with E-state index in [1.54, 1.807) is 12.5 Å². The number of thioether (sulfide) groups is 1. The average Bonchev–Trinajstić information content (AvgIpc) is 2.73. The summed E-state index contributed by atoms with van der Waals surface area (Å²) >= 11 is 1.85. The maximum absolute atomic E-state index is 4.24. The quantitative estimate of drug-likeness (QED) is 0.774. The van der Waals surface area contributed by atoms with Crippen molar-refractivity contribution in [2.24, 2.45) is 0 Å². The van der Waals surface area contributed by atoms with Crippen molar-refractivity contribution in [3.05, 3.63) is 18.7 Å². The SMILES string of the molecule is CSCCCNc1nccn2cnnc12. The summed E-state index contributed by atoms with van der Waals surface area (Å²) in [6.07, 6.45) is 8.48. The van der Waals surface area contributed by atoms with Crippen molar-refractivity contribution in [2.75, 3.05) is 23.9 Å². The number of anilines is 1. The lowest BCUT2D eigenvalue weighted by molar-refractivity contribution is 0.976. The molecule has 0 saturated carbocycles. The Balaban J connectivity index is 2.04. The summed E-state index contributed by atoms with van der Waals surface area (Å²) in [5.41, 5.74) is 0.779. The predicted octanol–water partition coefficient (Wildman–Crippen LogP) is 1.29. The van der Waals surface area contributed by atoms with Crippen molar-refractivity contribution in [2.45, 2.75) is 6.42 Å². The Morgan fingerprint density at radius 1 is 1.53 bits per heavy atom. The van der Waals surface area contributed by atoms with E-state index in [0.29, 0.717) is 0 Å². The normalized spacial score (nSPS) is 10.7. The molecule has 0 radical (unpaired) electrons. The molecule has 0 aliphatic rings. The number of nitrogens with one attached hydrogen (secondary N) is 1. The van der Waals surface area contributed by atoms with Crippen LogP contribution in [0.1, 0.15) is 6.42 Å². The molecule has 2 rings (SSSR count). The van der Waals surface area contributed by atoms with Gasteiger partial charge in [-0.1, -0.05) is 0 Å². The molecule has 0 amide bonds. The fraction of sp³-hybridized carbons (Fsp3) is 0.444. The third kappa shape index (κ3) is 2.38. The fourth-order valence-electron chi connectivity index (χ4n) is 1.31. The van der Waals surface area contributed by atoms with Crippen LogP contribution in [0.3, 0.4) is 0 Å². The monoisotopic (exact) mass is 223 g/mol. The van der Waals surface area contributed by atoms with Crippen molar-refractivity contribution in [3.8, 4) is 0 Å². The largest absolute Gasteiger partial charge is 0.367 e. The zero-order valence-corrected chi connectivity index (χ0v) is 9.37. The Morgan fingerprint density at radius 3 is 3.33 bits per heavy atom. The summed E-state index contributed by atoms with van der Waals surface area (Å²) in [5.74, 6) is 1.96. The molecule has 0 aromatic carbocycles. The lowest BCUT2D eigenvalue weighted by Crippen LogP contribution is -2.05. The van der Waals surface area contributed by atoms with Gasteiger partial charge in [0.1, 0.15) is 6.33 Å². The zero-order chi connectivity index (χ0) is 10.5. The van der Waals surface area contributed by atoms with Crippen molar-refractivity contribution in [1.82, 2.24) is 19.6 Å². The van der Waals surface area contributed by atoms with Crippen LogP contribution >= 0.6 is 11.8 Å². The number of fused-ring (bicyclic) bond motifs is 1. The van der Waals surface area contributed by atoms with E-state index in [-0.39, 0.29) is 0 Å². The van der Waals surface area contributed by atoms with Crippen LogP contribution in [0.4, 0.5) is 5.82 Å². The van der Waals surface area contributed by atoms with Gasteiger partial charge in [-0.3, -0.25) is 4.40 Å². The van der Waals surface area contributed by atoms with Gasteiger partial charge in [-0.25, -0.2) is 4.98 Å². The molecule has 0 aliphatic carbocycles. The fourth-order valence-corrected chi connectivity index (χ4v) is 1.74. The molecule has 0 unspecified atom stereocenters. The van der Waals surface area contributed by atoms with Crippen LogP contribution in [-0.4, -0.2) is 38.1 Å². The van der Waals surface area contributed by atoms with Crippen molar-refractivity contribution in [1.29, 1.82) is 0 Å². The van der Waals surface area contributed by atoms with E-state index >= 15 is 0 Å². The molecule has 1 N–H and O–H groups in total. The zero-order valence-electron chi connectivity index (χ0n) is 8.55. The molecule has 0 saturated heterocycles. The maximum atomic E-state index is 4.24. The van der Waals surface area contributed by atoms with E-state index < -0.39 is 0 Å². The highest BCUT2D eigenvalue weighted by Gasteiger charge is 2.02. The van der Waals surface area contributed by atoms with Crippen LogP contribution in [0.2, 0.25) is 0 Å². The van der Waals surface area contributed by atoms with Gasteiger partial charge in [0.2, 0.25) is 5.65 Å². The topological polar surface area (TPSA) is 55.1 Å².